The van der Waals surface area contributed by atoms with Gasteiger partial charge in [0.2, 0.25) is 0 Å². The van der Waals surface area contributed by atoms with Crippen LogP contribution in [0.5, 0.6) is 0 Å². The fourth-order valence-electron chi connectivity index (χ4n) is 3.60. The number of likely N-dealkylation sites (tertiary alicyclic amines) is 1. The van der Waals surface area contributed by atoms with Crippen molar-refractivity contribution in [2.24, 2.45) is 5.92 Å². The van der Waals surface area contributed by atoms with Gasteiger partial charge in [0.1, 0.15) is 0 Å². The van der Waals surface area contributed by atoms with E-state index in [2.05, 4.69) is 10.3 Å². The molecule has 2 aliphatic rings. The molecule has 1 saturated carbocycles. The number of hydrogen-bond donors (Lipinski definition) is 1. The molecule has 1 aliphatic heterocycles. The standard InChI is InChI=1S/C15H20FN3O/c1-17-14-13(16)11(6-8-18-14)15(20)19-9-7-10-4-2-3-5-12(10)19/h6,8,10,12H,2-5,7,9H2,1H3,(H,17,18). The lowest BCUT2D eigenvalue weighted by molar-refractivity contribution is 0.0685. The summed E-state index contributed by atoms with van der Waals surface area (Å²) in [6.07, 6.45) is 7.23. The van der Waals surface area contributed by atoms with E-state index in [0.29, 0.717) is 12.0 Å². The number of fused-ring (bicyclic) bond motifs is 1. The molecule has 2 heterocycles. The summed E-state index contributed by atoms with van der Waals surface area (Å²) in [5.74, 6) is 0.0201. The van der Waals surface area contributed by atoms with Crippen molar-refractivity contribution in [3.05, 3.63) is 23.6 Å². The smallest absolute Gasteiger partial charge is 0.257 e. The molecule has 4 nitrogen and oxygen atoms in total. The normalized spacial score (nSPS) is 25.4. The maximum atomic E-state index is 14.2. The Balaban J connectivity index is 1.86. The van der Waals surface area contributed by atoms with Gasteiger partial charge in [-0.15, -0.1) is 0 Å². The Morgan fingerprint density at radius 1 is 1.40 bits per heavy atom. The van der Waals surface area contributed by atoms with E-state index in [-0.39, 0.29) is 17.3 Å². The van der Waals surface area contributed by atoms with Crippen molar-refractivity contribution in [1.29, 1.82) is 0 Å². The van der Waals surface area contributed by atoms with Crippen LogP contribution in [0.15, 0.2) is 12.3 Å². The molecule has 2 unspecified atom stereocenters. The lowest BCUT2D eigenvalue weighted by Gasteiger charge is -2.31. The van der Waals surface area contributed by atoms with Crippen LogP contribution >= 0.6 is 0 Å². The molecular formula is C15H20FN3O. The molecule has 2 atom stereocenters. The van der Waals surface area contributed by atoms with Crippen LogP contribution in [0.4, 0.5) is 10.2 Å². The predicted octanol–water partition coefficient (Wildman–Crippen LogP) is 2.67. The summed E-state index contributed by atoms with van der Waals surface area (Å²) >= 11 is 0. The molecule has 0 spiro atoms. The van der Waals surface area contributed by atoms with Crippen molar-refractivity contribution in [2.75, 3.05) is 18.9 Å². The lowest BCUT2D eigenvalue weighted by Crippen LogP contribution is -2.39. The van der Waals surface area contributed by atoms with Crippen molar-refractivity contribution in [1.82, 2.24) is 9.88 Å². The Morgan fingerprint density at radius 2 is 2.20 bits per heavy atom. The molecule has 20 heavy (non-hydrogen) atoms. The van der Waals surface area contributed by atoms with E-state index < -0.39 is 5.82 Å². The van der Waals surface area contributed by atoms with Crippen LogP contribution in [0, 0.1) is 11.7 Å². The van der Waals surface area contributed by atoms with Gasteiger partial charge < -0.3 is 10.2 Å². The minimum atomic E-state index is -0.542. The third-order valence-corrected chi connectivity index (χ3v) is 4.63. The van der Waals surface area contributed by atoms with Crippen LogP contribution in [0.25, 0.3) is 0 Å². The first-order chi connectivity index (χ1) is 9.72. The van der Waals surface area contributed by atoms with Crippen LogP contribution in [0.2, 0.25) is 0 Å². The van der Waals surface area contributed by atoms with Crippen molar-refractivity contribution in [3.8, 4) is 0 Å². The third-order valence-electron chi connectivity index (χ3n) is 4.63. The zero-order chi connectivity index (χ0) is 14.1. The molecule has 1 amide bonds. The highest BCUT2D eigenvalue weighted by Gasteiger charge is 2.39. The summed E-state index contributed by atoms with van der Waals surface area (Å²) in [5.41, 5.74) is 0.135. The Morgan fingerprint density at radius 3 is 3.00 bits per heavy atom. The van der Waals surface area contributed by atoms with Gasteiger partial charge in [-0.1, -0.05) is 12.8 Å². The number of carbonyl (C=O) groups is 1. The summed E-state index contributed by atoms with van der Waals surface area (Å²) in [4.78, 5) is 18.4. The number of hydrogen-bond acceptors (Lipinski definition) is 3. The predicted molar refractivity (Wildman–Crippen MR) is 75.1 cm³/mol. The lowest BCUT2D eigenvalue weighted by atomic mass is 9.85. The van der Waals surface area contributed by atoms with E-state index in [4.69, 9.17) is 0 Å². The second-order valence-corrected chi connectivity index (χ2v) is 5.67. The molecule has 1 N–H and O–H groups in total. The first kappa shape index (κ1) is 13.3. The fraction of sp³-hybridized carbons (Fsp3) is 0.600. The van der Waals surface area contributed by atoms with E-state index in [1.165, 1.54) is 31.5 Å². The summed E-state index contributed by atoms with van der Waals surface area (Å²) in [6, 6.07) is 1.79. The molecule has 0 radical (unpaired) electrons. The van der Waals surface area contributed by atoms with E-state index in [1.807, 2.05) is 4.90 Å². The average Bonchev–Trinajstić information content (AvgIpc) is 2.91. The van der Waals surface area contributed by atoms with Gasteiger partial charge in [-0.3, -0.25) is 4.79 Å². The molecule has 0 aromatic carbocycles. The Kier molecular flexibility index (Phi) is 3.59. The fourth-order valence-corrected chi connectivity index (χ4v) is 3.60. The number of carbonyl (C=O) groups excluding carboxylic acids is 1. The van der Waals surface area contributed by atoms with Crippen LogP contribution < -0.4 is 5.32 Å². The number of anilines is 1. The summed E-state index contributed by atoms with van der Waals surface area (Å²) in [5, 5.41) is 2.68. The molecule has 1 saturated heterocycles. The average molecular weight is 277 g/mol. The largest absolute Gasteiger partial charge is 0.371 e. The Labute approximate surface area is 118 Å². The van der Waals surface area contributed by atoms with Crippen molar-refractivity contribution >= 4 is 11.7 Å². The molecule has 3 rings (SSSR count). The molecule has 1 aliphatic carbocycles. The van der Waals surface area contributed by atoms with Gasteiger partial charge in [-0.25, -0.2) is 9.37 Å². The highest BCUT2D eigenvalue weighted by molar-refractivity contribution is 5.95. The zero-order valence-electron chi connectivity index (χ0n) is 11.7. The Bertz CT molecular complexity index is 520. The second-order valence-electron chi connectivity index (χ2n) is 5.67. The third kappa shape index (κ3) is 2.15. The first-order valence-corrected chi connectivity index (χ1v) is 7.35. The zero-order valence-corrected chi connectivity index (χ0v) is 11.7. The molecule has 2 fully saturated rings. The van der Waals surface area contributed by atoms with Crippen LogP contribution in [-0.2, 0) is 0 Å². The van der Waals surface area contributed by atoms with Gasteiger partial charge in [0, 0.05) is 25.8 Å². The van der Waals surface area contributed by atoms with Gasteiger partial charge in [-0.2, -0.15) is 0 Å². The number of amides is 1. The van der Waals surface area contributed by atoms with Gasteiger partial charge >= 0.3 is 0 Å². The summed E-state index contributed by atoms with van der Waals surface area (Å²) in [6.45, 7) is 0.755. The molecular weight excluding hydrogens is 257 g/mol. The Hall–Kier alpha value is -1.65. The highest BCUT2D eigenvalue weighted by Crippen LogP contribution is 2.37. The molecule has 1 aromatic heterocycles. The maximum absolute atomic E-state index is 14.2. The number of aromatic nitrogens is 1. The van der Waals surface area contributed by atoms with Gasteiger partial charge in [0.25, 0.3) is 5.91 Å². The minimum absolute atomic E-state index is 0.134. The maximum Gasteiger partial charge on any atom is 0.257 e. The molecule has 0 bridgehead atoms. The van der Waals surface area contributed by atoms with E-state index in [0.717, 1.165) is 19.4 Å². The number of halogens is 1. The van der Waals surface area contributed by atoms with Gasteiger partial charge in [0.15, 0.2) is 11.6 Å². The van der Waals surface area contributed by atoms with E-state index in [9.17, 15) is 9.18 Å². The van der Waals surface area contributed by atoms with Crippen molar-refractivity contribution < 1.29 is 9.18 Å². The summed E-state index contributed by atoms with van der Waals surface area (Å²) in [7, 11) is 1.60. The molecule has 1 aromatic rings. The number of nitrogens with zero attached hydrogens (tertiary/aromatic N) is 2. The van der Waals surface area contributed by atoms with E-state index in [1.54, 1.807) is 7.05 Å². The van der Waals surface area contributed by atoms with Gasteiger partial charge in [0.05, 0.1) is 5.56 Å². The topological polar surface area (TPSA) is 45.2 Å². The SMILES string of the molecule is CNc1nccc(C(=O)N2CCC3CCCCC32)c1F. The molecule has 5 heteroatoms. The van der Waals surface area contributed by atoms with Gasteiger partial charge in [-0.05, 0) is 31.2 Å². The number of nitrogens with one attached hydrogen (secondary N) is 1. The van der Waals surface area contributed by atoms with Crippen molar-refractivity contribution in [2.45, 2.75) is 38.1 Å². The van der Waals surface area contributed by atoms with Crippen LogP contribution in [0.3, 0.4) is 0 Å². The summed E-state index contributed by atoms with van der Waals surface area (Å²) < 4.78 is 14.2. The first-order valence-electron chi connectivity index (χ1n) is 7.35. The highest BCUT2D eigenvalue weighted by atomic mass is 19.1. The van der Waals surface area contributed by atoms with Crippen molar-refractivity contribution in [3.63, 3.8) is 0 Å². The monoisotopic (exact) mass is 277 g/mol. The van der Waals surface area contributed by atoms with Crippen LogP contribution in [-0.4, -0.2) is 35.4 Å². The minimum Gasteiger partial charge on any atom is -0.371 e. The second kappa shape index (κ2) is 5.38. The quantitative estimate of drug-likeness (QED) is 0.904. The van der Waals surface area contributed by atoms with E-state index >= 15 is 0 Å². The number of pyridine rings is 1. The molecule has 108 valence electrons. The van der Waals surface area contributed by atoms with Crippen LogP contribution in [0.1, 0.15) is 42.5 Å². The number of rotatable bonds is 2.